The first-order chi connectivity index (χ1) is 9.90. The van der Waals surface area contributed by atoms with Crippen LogP contribution in [0.25, 0.3) is 0 Å². The van der Waals surface area contributed by atoms with Crippen molar-refractivity contribution >= 4 is 17.5 Å². The quantitative estimate of drug-likeness (QED) is 0.848. The first-order valence-corrected chi connectivity index (χ1v) is 7.57. The van der Waals surface area contributed by atoms with Gasteiger partial charge in [0.25, 0.3) is 0 Å². The number of benzene rings is 1. The van der Waals surface area contributed by atoms with Gasteiger partial charge in [-0.15, -0.1) is 0 Å². The maximum Gasteiger partial charge on any atom is 0.240 e. The van der Waals surface area contributed by atoms with Gasteiger partial charge in [0.05, 0.1) is 11.1 Å². The van der Waals surface area contributed by atoms with E-state index in [0.717, 1.165) is 18.7 Å². The van der Waals surface area contributed by atoms with E-state index in [0.29, 0.717) is 12.1 Å². The molecule has 0 bridgehead atoms. The largest absolute Gasteiger partial charge is 0.313 e. The Morgan fingerprint density at radius 2 is 1.86 bits per heavy atom. The molecule has 2 amide bonds. The van der Waals surface area contributed by atoms with Gasteiger partial charge in [0, 0.05) is 13.0 Å². The van der Waals surface area contributed by atoms with E-state index in [2.05, 4.69) is 12.2 Å². The van der Waals surface area contributed by atoms with E-state index < -0.39 is 5.41 Å². The minimum absolute atomic E-state index is 0.0815. The number of imide groups is 1. The number of hydrogen-bond donors (Lipinski definition) is 1. The maximum atomic E-state index is 12.6. The lowest BCUT2D eigenvalue weighted by atomic mass is 9.78. The lowest BCUT2D eigenvalue weighted by molar-refractivity contribution is -0.126. The minimum Gasteiger partial charge on any atom is -0.313 e. The zero-order valence-corrected chi connectivity index (χ0v) is 13.3. The molecule has 4 nitrogen and oxygen atoms in total. The number of carbonyl (C=O) groups excluding carboxylic acids is 2. The number of amides is 2. The highest BCUT2D eigenvalue weighted by molar-refractivity contribution is 6.22. The van der Waals surface area contributed by atoms with Crippen LogP contribution in [0.4, 0.5) is 5.69 Å². The molecule has 0 radical (unpaired) electrons. The highest BCUT2D eigenvalue weighted by Gasteiger charge is 2.50. The molecule has 0 aromatic heterocycles. The van der Waals surface area contributed by atoms with Gasteiger partial charge in [0.15, 0.2) is 0 Å². The summed E-state index contributed by atoms with van der Waals surface area (Å²) in [6.07, 6.45) is 0.294. The highest BCUT2D eigenvalue weighted by Crippen LogP contribution is 2.41. The van der Waals surface area contributed by atoms with E-state index in [9.17, 15) is 9.59 Å². The van der Waals surface area contributed by atoms with Crippen LogP contribution < -0.4 is 10.2 Å². The molecule has 1 atom stereocenters. The molecular formula is C17H24N2O2. The lowest BCUT2D eigenvalue weighted by Gasteiger charge is -2.26. The number of carbonyl (C=O) groups is 2. The molecule has 0 saturated carbocycles. The number of hydrogen-bond acceptors (Lipinski definition) is 3. The predicted octanol–water partition coefficient (Wildman–Crippen LogP) is 2.72. The van der Waals surface area contributed by atoms with Gasteiger partial charge in [0.1, 0.15) is 0 Å². The van der Waals surface area contributed by atoms with Crippen LogP contribution in [0.3, 0.4) is 0 Å². The third-order valence-corrected chi connectivity index (χ3v) is 4.51. The number of anilines is 1. The Morgan fingerprint density at radius 1 is 1.24 bits per heavy atom. The summed E-state index contributed by atoms with van der Waals surface area (Å²) in [5, 5.41) is 3.25. The summed E-state index contributed by atoms with van der Waals surface area (Å²) in [5.41, 5.74) is 1.24. The van der Waals surface area contributed by atoms with Crippen molar-refractivity contribution in [3.63, 3.8) is 0 Å². The van der Waals surface area contributed by atoms with Crippen molar-refractivity contribution in [2.24, 2.45) is 11.3 Å². The first-order valence-electron chi connectivity index (χ1n) is 7.57. The van der Waals surface area contributed by atoms with Crippen molar-refractivity contribution in [2.75, 3.05) is 11.4 Å². The zero-order valence-electron chi connectivity index (χ0n) is 13.3. The van der Waals surface area contributed by atoms with Crippen molar-refractivity contribution in [3.05, 3.63) is 29.8 Å². The van der Waals surface area contributed by atoms with Gasteiger partial charge in [-0.05, 0) is 37.1 Å². The fourth-order valence-corrected chi connectivity index (χ4v) is 2.58. The fraction of sp³-hybridized carbons (Fsp3) is 0.529. The molecule has 1 aliphatic heterocycles. The summed E-state index contributed by atoms with van der Waals surface area (Å²) >= 11 is 0. The second-order valence-electron chi connectivity index (χ2n) is 6.23. The number of nitrogens with one attached hydrogen (secondary N) is 1. The molecule has 1 saturated heterocycles. The summed E-state index contributed by atoms with van der Waals surface area (Å²) < 4.78 is 0. The van der Waals surface area contributed by atoms with Crippen LogP contribution in [0.1, 0.15) is 39.7 Å². The van der Waals surface area contributed by atoms with Crippen molar-refractivity contribution in [1.82, 2.24) is 5.32 Å². The molecule has 1 aliphatic rings. The van der Waals surface area contributed by atoms with Crippen LogP contribution in [-0.4, -0.2) is 18.4 Å². The molecule has 1 N–H and O–H groups in total. The van der Waals surface area contributed by atoms with Gasteiger partial charge < -0.3 is 5.32 Å². The highest BCUT2D eigenvalue weighted by atomic mass is 16.2. The molecule has 4 heteroatoms. The average Bonchev–Trinajstić information content (AvgIpc) is 2.69. The Labute approximate surface area is 126 Å². The van der Waals surface area contributed by atoms with Crippen LogP contribution >= 0.6 is 0 Å². The second-order valence-corrected chi connectivity index (χ2v) is 6.23. The van der Waals surface area contributed by atoms with Crippen LogP contribution in [0.15, 0.2) is 24.3 Å². The molecule has 1 fully saturated rings. The lowest BCUT2D eigenvalue weighted by Crippen LogP contribution is -2.36. The molecule has 1 aromatic carbocycles. The molecule has 0 spiro atoms. The molecule has 21 heavy (non-hydrogen) atoms. The normalized spacial score (nSPS) is 22.4. The Morgan fingerprint density at radius 3 is 2.33 bits per heavy atom. The summed E-state index contributed by atoms with van der Waals surface area (Å²) in [6.45, 7) is 9.64. The summed E-state index contributed by atoms with van der Waals surface area (Å²) in [5.74, 6) is -0.0375. The van der Waals surface area contributed by atoms with Crippen molar-refractivity contribution in [1.29, 1.82) is 0 Å². The van der Waals surface area contributed by atoms with Crippen molar-refractivity contribution in [3.8, 4) is 0 Å². The Kier molecular flexibility index (Phi) is 4.47. The van der Waals surface area contributed by atoms with Crippen LogP contribution in [-0.2, 0) is 16.1 Å². The fourth-order valence-electron chi connectivity index (χ4n) is 2.58. The van der Waals surface area contributed by atoms with E-state index in [4.69, 9.17) is 0 Å². The van der Waals surface area contributed by atoms with Gasteiger partial charge in [-0.25, -0.2) is 0 Å². The predicted molar refractivity (Wildman–Crippen MR) is 83.9 cm³/mol. The standard InChI is InChI=1S/C17H24N2O2/c1-5-18-11-13-6-8-14(9-7-13)19-15(20)10-17(4,12(2)3)16(19)21/h6-9,12,18H,5,10-11H2,1-4H3. The average molecular weight is 288 g/mol. The minimum atomic E-state index is -0.584. The van der Waals surface area contributed by atoms with Gasteiger partial charge in [-0.2, -0.15) is 0 Å². The molecule has 1 heterocycles. The molecular weight excluding hydrogens is 264 g/mol. The Bertz CT molecular complexity index is 536. The van der Waals surface area contributed by atoms with Crippen molar-refractivity contribution < 1.29 is 9.59 Å². The van der Waals surface area contributed by atoms with E-state index in [1.165, 1.54) is 4.90 Å². The third-order valence-electron chi connectivity index (χ3n) is 4.51. The van der Waals surface area contributed by atoms with E-state index >= 15 is 0 Å². The summed E-state index contributed by atoms with van der Waals surface area (Å²) in [4.78, 5) is 26.2. The molecule has 2 rings (SSSR count). The molecule has 114 valence electrons. The van der Waals surface area contributed by atoms with E-state index in [1.54, 1.807) is 0 Å². The SMILES string of the molecule is CCNCc1ccc(N2C(=O)CC(C)(C(C)C)C2=O)cc1. The monoisotopic (exact) mass is 288 g/mol. The van der Waals surface area contributed by atoms with Crippen LogP contribution in [0.2, 0.25) is 0 Å². The van der Waals surface area contributed by atoms with E-state index in [-0.39, 0.29) is 17.7 Å². The zero-order chi connectivity index (χ0) is 15.6. The summed E-state index contributed by atoms with van der Waals surface area (Å²) in [6, 6.07) is 7.64. The molecule has 0 aliphatic carbocycles. The van der Waals surface area contributed by atoms with Crippen LogP contribution in [0, 0.1) is 11.3 Å². The Balaban J connectivity index is 2.22. The number of rotatable bonds is 5. The maximum absolute atomic E-state index is 12.6. The molecule has 1 unspecified atom stereocenters. The van der Waals surface area contributed by atoms with Gasteiger partial charge in [-0.3, -0.25) is 14.5 Å². The van der Waals surface area contributed by atoms with Gasteiger partial charge in [-0.1, -0.05) is 32.9 Å². The smallest absolute Gasteiger partial charge is 0.240 e. The van der Waals surface area contributed by atoms with Gasteiger partial charge in [0.2, 0.25) is 11.8 Å². The van der Waals surface area contributed by atoms with Gasteiger partial charge >= 0.3 is 0 Å². The van der Waals surface area contributed by atoms with E-state index in [1.807, 2.05) is 45.0 Å². The topological polar surface area (TPSA) is 49.4 Å². The van der Waals surface area contributed by atoms with Crippen LogP contribution in [0.5, 0.6) is 0 Å². The Hall–Kier alpha value is -1.68. The molecule has 1 aromatic rings. The second kappa shape index (κ2) is 5.98. The summed E-state index contributed by atoms with van der Waals surface area (Å²) in [7, 11) is 0. The third kappa shape index (κ3) is 2.86. The first kappa shape index (κ1) is 15.7. The number of nitrogens with zero attached hydrogens (tertiary/aromatic N) is 1. The van der Waals surface area contributed by atoms with Crippen molar-refractivity contribution in [2.45, 2.75) is 40.7 Å².